The van der Waals surface area contributed by atoms with Gasteiger partial charge in [-0.3, -0.25) is 30.3 Å². The SMILES string of the molecule is Cc1c(Cl)cccc1Nc1c([N+](=O)[O-])cc([N+](=O)[O-])cc1[N+](=O)[O-]. The first-order valence-electron chi connectivity index (χ1n) is 6.35. The summed E-state index contributed by atoms with van der Waals surface area (Å²) in [5.41, 5.74) is -1.95. The van der Waals surface area contributed by atoms with Crippen LogP contribution >= 0.6 is 11.6 Å². The molecule has 0 amide bonds. The van der Waals surface area contributed by atoms with Crippen LogP contribution < -0.4 is 5.32 Å². The Bertz CT molecular complexity index is 835. The quantitative estimate of drug-likeness (QED) is 0.629. The number of hydrogen-bond acceptors (Lipinski definition) is 7. The number of hydrogen-bond donors (Lipinski definition) is 1. The first-order chi connectivity index (χ1) is 11.2. The molecule has 0 spiro atoms. The van der Waals surface area contributed by atoms with Crippen LogP contribution in [0.1, 0.15) is 5.56 Å². The number of nitrogens with one attached hydrogen (secondary N) is 1. The van der Waals surface area contributed by atoms with Crippen LogP contribution in [0.2, 0.25) is 5.02 Å². The molecule has 0 radical (unpaired) electrons. The third-order valence-corrected chi connectivity index (χ3v) is 3.62. The van der Waals surface area contributed by atoms with Crippen molar-refractivity contribution in [3.8, 4) is 0 Å². The number of rotatable bonds is 5. The lowest BCUT2D eigenvalue weighted by atomic mass is 10.1. The highest BCUT2D eigenvalue weighted by Crippen LogP contribution is 2.41. The molecule has 0 unspecified atom stereocenters. The molecule has 0 aliphatic heterocycles. The predicted molar refractivity (Wildman–Crippen MR) is 85.9 cm³/mol. The van der Waals surface area contributed by atoms with Crippen molar-refractivity contribution in [2.75, 3.05) is 5.32 Å². The van der Waals surface area contributed by atoms with Gasteiger partial charge in [0.1, 0.15) is 0 Å². The maximum atomic E-state index is 11.2. The second kappa shape index (κ2) is 6.46. The van der Waals surface area contributed by atoms with Gasteiger partial charge in [0.25, 0.3) is 5.69 Å². The van der Waals surface area contributed by atoms with Crippen LogP contribution in [0.3, 0.4) is 0 Å². The third-order valence-electron chi connectivity index (χ3n) is 3.21. The first-order valence-corrected chi connectivity index (χ1v) is 6.73. The Hall–Kier alpha value is -3.27. The zero-order chi connectivity index (χ0) is 18.0. The van der Waals surface area contributed by atoms with E-state index < -0.39 is 37.5 Å². The van der Waals surface area contributed by atoms with Crippen LogP contribution in [0, 0.1) is 37.3 Å². The van der Waals surface area contributed by atoms with E-state index in [1.807, 2.05) is 0 Å². The van der Waals surface area contributed by atoms with Crippen LogP contribution in [0.15, 0.2) is 30.3 Å². The molecule has 0 aromatic heterocycles. The number of nitrogens with zero attached hydrogens (tertiary/aromatic N) is 3. The van der Waals surface area contributed by atoms with E-state index >= 15 is 0 Å². The topological polar surface area (TPSA) is 141 Å². The molecule has 0 fully saturated rings. The Kier molecular flexibility index (Phi) is 4.60. The van der Waals surface area contributed by atoms with Crippen molar-refractivity contribution in [3.05, 3.63) is 71.3 Å². The molecule has 0 aliphatic carbocycles. The fraction of sp³-hybridized carbons (Fsp3) is 0.0769. The molecule has 0 saturated heterocycles. The molecule has 124 valence electrons. The van der Waals surface area contributed by atoms with Crippen molar-refractivity contribution in [3.63, 3.8) is 0 Å². The van der Waals surface area contributed by atoms with Gasteiger partial charge < -0.3 is 5.32 Å². The average molecular weight is 353 g/mol. The minimum atomic E-state index is -0.936. The molecule has 0 atom stereocenters. The molecule has 0 heterocycles. The number of nitro groups is 3. The first kappa shape index (κ1) is 17.1. The molecule has 11 heteroatoms. The van der Waals surface area contributed by atoms with E-state index in [0.717, 1.165) is 0 Å². The Morgan fingerprint density at radius 2 is 1.50 bits per heavy atom. The van der Waals surface area contributed by atoms with Gasteiger partial charge >= 0.3 is 11.4 Å². The van der Waals surface area contributed by atoms with E-state index in [1.54, 1.807) is 19.1 Å². The molecule has 0 saturated carbocycles. The van der Waals surface area contributed by atoms with Gasteiger partial charge in [-0.05, 0) is 24.6 Å². The summed E-state index contributed by atoms with van der Waals surface area (Å²) < 4.78 is 0. The normalized spacial score (nSPS) is 10.2. The molecular weight excluding hydrogens is 344 g/mol. The molecular formula is C13H9ClN4O6. The van der Waals surface area contributed by atoms with E-state index in [0.29, 0.717) is 28.4 Å². The Labute approximate surface area is 139 Å². The van der Waals surface area contributed by atoms with Crippen molar-refractivity contribution in [1.29, 1.82) is 0 Å². The number of anilines is 2. The lowest BCUT2D eigenvalue weighted by Gasteiger charge is -2.11. The predicted octanol–water partition coefficient (Wildman–Crippen LogP) is 4.12. The Morgan fingerprint density at radius 3 is 1.96 bits per heavy atom. The molecule has 2 rings (SSSR count). The van der Waals surface area contributed by atoms with Gasteiger partial charge in [-0.15, -0.1) is 0 Å². The fourth-order valence-electron chi connectivity index (χ4n) is 2.00. The Morgan fingerprint density at radius 1 is 0.958 bits per heavy atom. The summed E-state index contributed by atoms with van der Waals surface area (Å²) in [4.78, 5) is 30.5. The van der Waals surface area contributed by atoms with E-state index in [4.69, 9.17) is 11.6 Å². The summed E-state index contributed by atoms with van der Waals surface area (Å²) in [7, 11) is 0. The van der Waals surface area contributed by atoms with Gasteiger partial charge in [0.05, 0.1) is 26.9 Å². The van der Waals surface area contributed by atoms with Crippen molar-refractivity contribution in [2.24, 2.45) is 0 Å². The zero-order valence-electron chi connectivity index (χ0n) is 12.1. The third kappa shape index (κ3) is 3.22. The molecule has 2 aromatic rings. The van der Waals surface area contributed by atoms with Crippen LogP contribution in [0.4, 0.5) is 28.4 Å². The van der Waals surface area contributed by atoms with Gasteiger partial charge in [0.2, 0.25) is 0 Å². The van der Waals surface area contributed by atoms with Gasteiger partial charge in [0.15, 0.2) is 5.69 Å². The van der Waals surface area contributed by atoms with Gasteiger partial charge in [0, 0.05) is 10.7 Å². The van der Waals surface area contributed by atoms with Crippen molar-refractivity contribution >= 4 is 40.0 Å². The van der Waals surface area contributed by atoms with Crippen LogP contribution in [-0.4, -0.2) is 14.8 Å². The number of non-ortho nitro benzene ring substituents is 1. The molecule has 10 nitrogen and oxygen atoms in total. The number of nitro benzene ring substituents is 3. The maximum Gasteiger partial charge on any atom is 0.306 e. The highest BCUT2D eigenvalue weighted by atomic mass is 35.5. The lowest BCUT2D eigenvalue weighted by Crippen LogP contribution is -2.04. The van der Waals surface area contributed by atoms with Crippen molar-refractivity contribution in [1.82, 2.24) is 0 Å². The number of benzene rings is 2. The minimum Gasteiger partial charge on any atom is -0.344 e. The molecule has 2 aromatic carbocycles. The van der Waals surface area contributed by atoms with E-state index in [-0.39, 0.29) is 0 Å². The molecule has 1 N–H and O–H groups in total. The van der Waals surface area contributed by atoms with Gasteiger partial charge in [-0.2, -0.15) is 0 Å². The van der Waals surface area contributed by atoms with E-state index in [2.05, 4.69) is 5.32 Å². The van der Waals surface area contributed by atoms with E-state index in [9.17, 15) is 30.3 Å². The second-order valence-electron chi connectivity index (χ2n) is 4.67. The zero-order valence-corrected chi connectivity index (χ0v) is 12.8. The van der Waals surface area contributed by atoms with Crippen LogP contribution in [0.25, 0.3) is 0 Å². The Balaban J connectivity index is 2.71. The van der Waals surface area contributed by atoms with Gasteiger partial charge in [-0.1, -0.05) is 17.7 Å². The smallest absolute Gasteiger partial charge is 0.306 e. The average Bonchev–Trinajstić information content (AvgIpc) is 2.51. The second-order valence-corrected chi connectivity index (χ2v) is 5.07. The summed E-state index contributed by atoms with van der Waals surface area (Å²) in [6.07, 6.45) is 0. The van der Waals surface area contributed by atoms with E-state index in [1.165, 1.54) is 6.07 Å². The number of halogens is 1. The molecule has 0 bridgehead atoms. The summed E-state index contributed by atoms with van der Waals surface area (Å²) >= 11 is 5.95. The van der Waals surface area contributed by atoms with Crippen LogP contribution in [-0.2, 0) is 0 Å². The summed E-state index contributed by atoms with van der Waals surface area (Å²) in [5.74, 6) is 0. The summed E-state index contributed by atoms with van der Waals surface area (Å²) in [6, 6.07) is 5.99. The summed E-state index contributed by atoms with van der Waals surface area (Å²) in [6.45, 7) is 1.62. The minimum absolute atomic E-state index is 0.308. The van der Waals surface area contributed by atoms with Gasteiger partial charge in [-0.25, -0.2) is 0 Å². The molecule has 0 aliphatic rings. The van der Waals surface area contributed by atoms with Crippen molar-refractivity contribution < 1.29 is 14.8 Å². The highest BCUT2D eigenvalue weighted by Gasteiger charge is 2.31. The largest absolute Gasteiger partial charge is 0.344 e. The lowest BCUT2D eigenvalue weighted by molar-refractivity contribution is -0.401. The fourth-order valence-corrected chi connectivity index (χ4v) is 2.17. The van der Waals surface area contributed by atoms with Crippen molar-refractivity contribution in [2.45, 2.75) is 6.92 Å². The standard InChI is InChI=1S/C13H9ClN4O6/c1-7-9(14)3-2-4-10(7)15-13-11(17(21)22)5-8(16(19)20)6-12(13)18(23)24/h2-6,15H,1H3. The van der Waals surface area contributed by atoms with Crippen LogP contribution in [0.5, 0.6) is 0 Å². The maximum absolute atomic E-state index is 11.2. The highest BCUT2D eigenvalue weighted by molar-refractivity contribution is 6.31. The molecule has 24 heavy (non-hydrogen) atoms. The summed E-state index contributed by atoms with van der Waals surface area (Å²) in [5, 5.41) is 36.2. The monoisotopic (exact) mass is 352 g/mol.